The second-order valence-electron chi connectivity index (χ2n) is 6.47. The van der Waals surface area contributed by atoms with E-state index in [4.69, 9.17) is 4.99 Å². The molecule has 3 rings (SSSR count). The molecule has 1 saturated heterocycles. The van der Waals surface area contributed by atoms with Gasteiger partial charge >= 0.3 is 0 Å². The maximum absolute atomic E-state index is 4.88. The number of hydrogen-bond donors (Lipinski definition) is 1. The van der Waals surface area contributed by atoms with Crippen LogP contribution in [0, 0.1) is 12.8 Å². The molecule has 0 aromatic carbocycles. The van der Waals surface area contributed by atoms with E-state index in [1.54, 1.807) is 0 Å². The van der Waals surface area contributed by atoms with Crippen LogP contribution in [0.5, 0.6) is 0 Å². The smallest absolute Gasteiger partial charge is 0.194 e. The minimum Gasteiger partial charge on any atom is -0.357 e. The van der Waals surface area contributed by atoms with Gasteiger partial charge in [-0.25, -0.2) is 9.98 Å². The summed E-state index contributed by atoms with van der Waals surface area (Å²) in [5, 5.41) is 3.47. The summed E-state index contributed by atoms with van der Waals surface area (Å²) in [6, 6.07) is 4.80. The monoisotopic (exact) mass is 345 g/mol. The van der Waals surface area contributed by atoms with Crippen molar-refractivity contribution in [3.63, 3.8) is 0 Å². The van der Waals surface area contributed by atoms with Gasteiger partial charge in [0.1, 0.15) is 0 Å². The molecule has 6 heteroatoms. The quantitative estimate of drug-likeness (QED) is 0.683. The number of aromatic nitrogens is 2. The molecule has 2 aromatic heterocycles. The Morgan fingerprint density at radius 1 is 1.46 bits per heavy atom. The lowest BCUT2D eigenvalue weighted by atomic mass is 9.93. The summed E-state index contributed by atoms with van der Waals surface area (Å²) in [7, 11) is 0. The van der Waals surface area contributed by atoms with Crippen molar-refractivity contribution in [2.75, 3.05) is 19.6 Å². The lowest BCUT2D eigenvalue weighted by Crippen LogP contribution is -2.49. The Hall–Kier alpha value is -1.82. The number of likely N-dealkylation sites (tertiary alicyclic amines) is 1. The molecule has 0 bridgehead atoms. The highest BCUT2D eigenvalue weighted by Crippen LogP contribution is 2.27. The number of hydrogen-bond acceptors (Lipinski definition) is 3. The molecular weight excluding hydrogens is 318 g/mol. The summed E-state index contributed by atoms with van der Waals surface area (Å²) in [6.07, 6.45) is 7.04. The molecule has 2 atom stereocenters. The van der Waals surface area contributed by atoms with E-state index < -0.39 is 0 Å². The first kappa shape index (κ1) is 17.0. The Labute approximate surface area is 148 Å². The molecule has 1 aliphatic rings. The molecule has 0 aliphatic carbocycles. The molecule has 2 aromatic rings. The predicted molar refractivity (Wildman–Crippen MR) is 100 cm³/mol. The highest BCUT2D eigenvalue weighted by atomic mass is 32.1. The topological polar surface area (TPSA) is 45.5 Å². The van der Waals surface area contributed by atoms with E-state index in [1.807, 2.05) is 23.9 Å². The number of rotatable bonds is 4. The molecule has 130 valence electrons. The molecule has 0 amide bonds. The van der Waals surface area contributed by atoms with Crippen molar-refractivity contribution in [3.8, 4) is 0 Å². The number of nitrogens with zero attached hydrogens (tertiary/aromatic N) is 4. The van der Waals surface area contributed by atoms with Gasteiger partial charge < -0.3 is 14.8 Å². The maximum atomic E-state index is 4.88. The summed E-state index contributed by atoms with van der Waals surface area (Å²) >= 11 is 1.83. The predicted octanol–water partition coefficient (Wildman–Crippen LogP) is 3.30. The Kier molecular flexibility index (Phi) is 5.56. The van der Waals surface area contributed by atoms with Gasteiger partial charge in [0.15, 0.2) is 5.96 Å². The molecule has 24 heavy (non-hydrogen) atoms. The van der Waals surface area contributed by atoms with Crippen LogP contribution in [-0.2, 0) is 6.54 Å². The van der Waals surface area contributed by atoms with E-state index in [1.165, 1.54) is 16.2 Å². The van der Waals surface area contributed by atoms with Crippen LogP contribution in [0.3, 0.4) is 0 Å². The summed E-state index contributed by atoms with van der Waals surface area (Å²) < 4.78 is 2.24. The van der Waals surface area contributed by atoms with Crippen LogP contribution in [0.15, 0.2) is 35.8 Å². The molecule has 2 unspecified atom stereocenters. The second kappa shape index (κ2) is 7.83. The maximum Gasteiger partial charge on any atom is 0.194 e. The minimum absolute atomic E-state index is 0.453. The highest BCUT2D eigenvalue weighted by Gasteiger charge is 2.28. The van der Waals surface area contributed by atoms with Gasteiger partial charge in [0.05, 0.1) is 18.9 Å². The number of guanidine groups is 1. The van der Waals surface area contributed by atoms with Crippen molar-refractivity contribution >= 4 is 17.3 Å². The highest BCUT2D eigenvalue weighted by molar-refractivity contribution is 7.11. The van der Waals surface area contributed by atoms with Crippen LogP contribution in [0.1, 0.15) is 36.1 Å². The summed E-state index contributed by atoms with van der Waals surface area (Å²) in [4.78, 5) is 14.2. The van der Waals surface area contributed by atoms with E-state index in [0.29, 0.717) is 12.0 Å². The van der Waals surface area contributed by atoms with E-state index in [0.717, 1.165) is 32.1 Å². The van der Waals surface area contributed by atoms with Gasteiger partial charge in [0.25, 0.3) is 0 Å². The van der Waals surface area contributed by atoms with Crippen molar-refractivity contribution in [2.45, 2.75) is 39.8 Å². The largest absolute Gasteiger partial charge is 0.357 e. The molecular formula is C18H27N5S. The van der Waals surface area contributed by atoms with E-state index in [9.17, 15) is 0 Å². The first-order valence-corrected chi connectivity index (χ1v) is 9.55. The van der Waals surface area contributed by atoms with Crippen LogP contribution >= 0.6 is 11.3 Å². The second-order valence-corrected chi connectivity index (χ2v) is 7.84. The molecule has 1 N–H and O–H groups in total. The molecule has 0 spiro atoms. The van der Waals surface area contributed by atoms with Crippen molar-refractivity contribution < 1.29 is 0 Å². The average molecular weight is 346 g/mol. The summed E-state index contributed by atoms with van der Waals surface area (Å²) in [5.41, 5.74) is 0. The number of thiophene rings is 1. The third-order valence-corrected chi connectivity index (χ3v) is 5.63. The number of aliphatic imine (C=N–C) groups is 1. The fourth-order valence-corrected chi connectivity index (χ4v) is 4.06. The minimum atomic E-state index is 0.453. The lowest BCUT2D eigenvalue weighted by Gasteiger charge is -2.39. The van der Waals surface area contributed by atoms with Crippen LogP contribution in [0.25, 0.3) is 0 Å². The van der Waals surface area contributed by atoms with Crippen LogP contribution < -0.4 is 5.32 Å². The average Bonchev–Trinajstić information content (AvgIpc) is 3.24. The molecule has 3 heterocycles. The molecule has 1 aliphatic heterocycles. The van der Waals surface area contributed by atoms with E-state index >= 15 is 0 Å². The van der Waals surface area contributed by atoms with Crippen LogP contribution in [-0.4, -0.2) is 40.0 Å². The first-order valence-electron chi connectivity index (χ1n) is 8.73. The normalized spacial score (nSPS) is 22.0. The van der Waals surface area contributed by atoms with Gasteiger partial charge in [-0.2, -0.15) is 0 Å². The summed E-state index contributed by atoms with van der Waals surface area (Å²) in [6.45, 7) is 10.3. The molecule has 0 radical (unpaired) electrons. The molecule has 0 saturated carbocycles. The third-order valence-electron chi connectivity index (χ3n) is 4.64. The summed E-state index contributed by atoms with van der Waals surface area (Å²) in [5.74, 6) is 1.68. The van der Waals surface area contributed by atoms with Crippen molar-refractivity contribution in [3.05, 3.63) is 40.6 Å². The first-order chi connectivity index (χ1) is 11.7. The fraction of sp³-hybridized carbons (Fsp3) is 0.556. The zero-order valence-corrected chi connectivity index (χ0v) is 15.6. The van der Waals surface area contributed by atoms with Gasteiger partial charge in [-0.3, -0.25) is 0 Å². The van der Waals surface area contributed by atoms with Crippen LogP contribution in [0.4, 0.5) is 0 Å². The Morgan fingerprint density at radius 2 is 2.33 bits per heavy atom. The number of imidazole rings is 1. The van der Waals surface area contributed by atoms with Gasteiger partial charge in [0.2, 0.25) is 0 Å². The SMILES string of the molecule is CCNC(=NCc1ccc(C)s1)N1CCC(C)C(n2ccnc2)C1. The van der Waals surface area contributed by atoms with Crippen molar-refractivity contribution in [2.24, 2.45) is 10.9 Å². The zero-order valence-electron chi connectivity index (χ0n) is 14.8. The lowest BCUT2D eigenvalue weighted by molar-refractivity contribution is 0.189. The van der Waals surface area contributed by atoms with Gasteiger partial charge in [-0.15, -0.1) is 11.3 Å². The number of aryl methyl sites for hydroxylation is 1. The van der Waals surface area contributed by atoms with Gasteiger partial charge in [-0.1, -0.05) is 6.92 Å². The van der Waals surface area contributed by atoms with Crippen molar-refractivity contribution in [1.82, 2.24) is 19.8 Å². The third kappa shape index (κ3) is 3.98. The number of nitrogens with one attached hydrogen (secondary N) is 1. The molecule has 1 fully saturated rings. The van der Waals surface area contributed by atoms with E-state index in [-0.39, 0.29) is 0 Å². The van der Waals surface area contributed by atoms with Gasteiger partial charge in [0, 0.05) is 41.8 Å². The van der Waals surface area contributed by atoms with E-state index in [2.05, 4.69) is 58.9 Å². The Balaban J connectivity index is 1.72. The van der Waals surface area contributed by atoms with Crippen molar-refractivity contribution in [1.29, 1.82) is 0 Å². The Morgan fingerprint density at radius 3 is 3.00 bits per heavy atom. The van der Waals surface area contributed by atoms with Crippen LogP contribution in [0.2, 0.25) is 0 Å². The zero-order chi connectivity index (χ0) is 16.9. The fourth-order valence-electron chi connectivity index (χ4n) is 3.24. The Bertz CT molecular complexity index is 661. The number of piperidine rings is 1. The van der Waals surface area contributed by atoms with Gasteiger partial charge in [-0.05, 0) is 38.3 Å². The standard InChI is InChI=1S/C18H27N5S/c1-4-20-18(21-11-16-6-5-15(3)24-16)22-9-7-14(2)17(12-22)23-10-8-19-13-23/h5-6,8,10,13-14,17H,4,7,9,11-12H2,1-3H3,(H,20,21). The molecule has 5 nitrogen and oxygen atoms in total.